The van der Waals surface area contributed by atoms with Crippen molar-refractivity contribution in [1.29, 1.82) is 0 Å². The minimum Gasteiger partial charge on any atom is -0.481 e. The number of nitrogens with zero attached hydrogens (tertiary/aromatic N) is 1. The van der Waals surface area contributed by atoms with E-state index in [2.05, 4.69) is 5.32 Å². The van der Waals surface area contributed by atoms with Crippen molar-refractivity contribution >= 4 is 35.2 Å². The topological polar surface area (TPSA) is 95.9 Å². The number of carbonyl (C=O) groups excluding carboxylic acids is 2. The summed E-state index contributed by atoms with van der Waals surface area (Å²) in [6, 6.07) is 7.24. The maximum Gasteiger partial charge on any atom is 0.313 e. The van der Waals surface area contributed by atoms with Gasteiger partial charge >= 0.3 is 5.97 Å². The molecule has 1 aromatic rings. The van der Waals surface area contributed by atoms with E-state index < -0.39 is 12.1 Å². The highest BCUT2D eigenvalue weighted by Gasteiger charge is 2.31. The molecule has 0 aliphatic carbocycles. The van der Waals surface area contributed by atoms with Crippen LogP contribution in [0, 0.1) is 0 Å². The number of ether oxygens (including phenoxy) is 1. The smallest absolute Gasteiger partial charge is 0.313 e. The van der Waals surface area contributed by atoms with Crippen LogP contribution < -0.4 is 15.0 Å². The Labute approximate surface area is 144 Å². The molecule has 0 fully saturated rings. The molecule has 7 nitrogen and oxygen atoms in total. The Balaban J connectivity index is 1.81. The number of hydrogen-bond donors (Lipinski definition) is 2. The first-order valence-electron chi connectivity index (χ1n) is 7.62. The van der Waals surface area contributed by atoms with Gasteiger partial charge in [0.1, 0.15) is 5.75 Å². The maximum atomic E-state index is 12.3. The van der Waals surface area contributed by atoms with Gasteiger partial charge in [0, 0.05) is 25.3 Å². The van der Waals surface area contributed by atoms with Crippen molar-refractivity contribution in [3.8, 4) is 5.75 Å². The molecule has 0 saturated heterocycles. The second-order valence-electron chi connectivity index (χ2n) is 5.26. The third kappa shape index (κ3) is 4.89. The standard InChI is InChI=1S/C16H20N2O5S/c1-11-16(22)18(12-4-2-3-5-13(12)23-11)8-6-14(19)17-7-9-24-10-15(20)21/h2-5,11H,6-10H2,1H3,(H,17,19)(H,20,21). The number of carboxylic acid groups (broad SMARTS) is 1. The number of benzene rings is 1. The fraction of sp³-hybridized carbons (Fsp3) is 0.438. The second-order valence-corrected chi connectivity index (χ2v) is 6.37. The lowest BCUT2D eigenvalue weighted by molar-refractivity contribution is -0.134. The highest BCUT2D eigenvalue weighted by molar-refractivity contribution is 7.99. The lowest BCUT2D eigenvalue weighted by Gasteiger charge is -2.32. The van der Waals surface area contributed by atoms with Crippen molar-refractivity contribution in [3.05, 3.63) is 24.3 Å². The second kappa shape index (κ2) is 8.58. The minimum atomic E-state index is -0.870. The van der Waals surface area contributed by atoms with E-state index in [1.54, 1.807) is 24.0 Å². The van der Waals surface area contributed by atoms with E-state index >= 15 is 0 Å². The van der Waals surface area contributed by atoms with Crippen LogP contribution in [-0.4, -0.2) is 53.6 Å². The molecule has 8 heteroatoms. The largest absolute Gasteiger partial charge is 0.481 e. The summed E-state index contributed by atoms with van der Waals surface area (Å²) in [7, 11) is 0. The van der Waals surface area contributed by atoms with Gasteiger partial charge < -0.3 is 20.1 Å². The SMILES string of the molecule is CC1Oc2ccccc2N(CCC(=O)NCCSCC(=O)O)C1=O. The molecule has 1 aromatic carbocycles. The summed E-state index contributed by atoms with van der Waals surface area (Å²) < 4.78 is 5.55. The van der Waals surface area contributed by atoms with E-state index in [0.717, 1.165) is 0 Å². The highest BCUT2D eigenvalue weighted by Crippen LogP contribution is 2.33. The molecular formula is C16H20N2O5S. The van der Waals surface area contributed by atoms with Crippen molar-refractivity contribution in [2.45, 2.75) is 19.4 Å². The van der Waals surface area contributed by atoms with Gasteiger partial charge in [0.05, 0.1) is 11.4 Å². The van der Waals surface area contributed by atoms with Crippen LogP contribution in [0.15, 0.2) is 24.3 Å². The summed E-state index contributed by atoms with van der Waals surface area (Å²) >= 11 is 1.25. The zero-order chi connectivity index (χ0) is 17.5. The normalized spacial score (nSPS) is 16.3. The molecular weight excluding hydrogens is 332 g/mol. The molecule has 0 aromatic heterocycles. The van der Waals surface area contributed by atoms with Crippen LogP contribution in [0.3, 0.4) is 0 Å². The summed E-state index contributed by atoms with van der Waals surface area (Å²) in [6.07, 6.45) is -0.397. The monoisotopic (exact) mass is 352 g/mol. The number of nitrogens with one attached hydrogen (secondary N) is 1. The van der Waals surface area contributed by atoms with E-state index in [1.165, 1.54) is 11.8 Å². The van der Waals surface area contributed by atoms with Gasteiger partial charge in [0.2, 0.25) is 5.91 Å². The van der Waals surface area contributed by atoms with E-state index in [9.17, 15) is 14.4 Å². The number of rotatable bonds is 8. The predicted molar refractivity (Wildman–Crippen MR) is 91.5 cm³/mol. The number of para-hydroxylation sites is 2. The number of thioether (sulfide) groups is 1. The number of amides is 2. The summed E-state index contributed by atoms with van der Waals surface area (Å²) in [5, 5.41) is 11.2. The fourth-order valence-electron chi connectivity index (χ4n) is 2.31. The highest BCUT2D eigenvalue weighted by atomic mass is 32.2. The molecule has 1 heterocycles. The first-order chi connectivity index (χ1) is 11.5. The summed E-state index contributed by atoms with van der Waals surface area (Å²) in [6.45, 7) is 2.36. The van der Waals surface area contributed by atoms with Crippen molar-refractivity contribution in [3.63, 3.8) is 0 Å². The van der Waals surface area contributed by atoms with Crippen LogP contribution in [-0.2, 0) is 14.4 Å². The summed E-state index contributed by atoms with van der Waals surface area (Å²) in [5.41, 5.74) is 0.672. The van der Waals surface area contributed by atoms with Crippen molar-refractivity contribution in [2.75, 3.05) is 29.5 Å². The first-order valence-corrected chi connectivity index (χ1v) is 8.78. The maximum absolute atomic E-state index is 12.3. The molecule has 24 heavy (non-hydrogen) atoms. The third-order valence-electron chi connectivity index (χ3n) is 3.43. The Hall–Kier alpha value is -2.22. The molecule has 1 aliphatic heterocycles. The van der Waals surface area contributed by atoms with Gasteiger partial charge in [-0.25, -0.2) is 0 Å². The Kier molecular flexibility index (Phi) is 6.48. The van der Waals surface area contributed by atoms with Gasteiger partial charge in [0.25, 0.3) is 5.91 Å². The van der Waals surface area contributed by atoms with E-state index in [4.69, 9.17) is 9.84 Å². The molecule has 2 amide bonds. The van der Waals surface area contributed by atoms with Crippen LogP contribution in [0.25, 0.3) is 0 Å². The molecule has 2 N–H and O–H groups in total. The van der Waals surface area contributed by atoms with Gasteiger partial charge in [-0.1, -0.05) is 12.1 Å². The Morgan fingerprint density at radius 1 is 1.38 bits per heavy atom. The molecule has 0 saturated carbocycles. The van der Waals surface area contributed by atoms with Gasteiger partial charge in [-0.2, -0.15) is 0 Å². The van der Waals surface area contributed by atoms with Crippen LogP contribution in [0.5, 0.6) is 5.75 Å². The molecule has 0 bridgehead atoms. The first kappa shape index (κ1) is 18.1. The van der Waals surface area contributed by atoms with Crippen molar-refractivity contribution in [2.24, 2.45) is 0 Å². The van der Waals surface area contributed by atoms with Crippen LogP contribution in [0.1, 0.15) is 13.3 Å². The van der Waals surface area contributed by atoms with Crippen LogP contribution in [0.2, 0.25) is 0 Å². The van der Waals surface area contributed by atoms with Gasteiger partial charge in [0.15, 0.2) is 6.10 Å². The molecule has 0 radical (unpaired) electrons. The average molecular weight is 352 g/mol. The van der Waals surface area contributed by atoms with Crippen LogP contribution in [0.4, 0.5) is 5.69 Å². The van der Waals surface area contributed by atoms with Gasteiger partial charge in [-0.05, 0) is 19.1 Å². The average Bonchev–Trinajstić information content (AvgIpc) is 2.54. The molecule has 2 rings (SSSR count). The molecule has 0 spiro atoms. The summed E-state index contributed by atoms with van der Waals surface area (Å²) in [4.78, 5) is 36.1. The fourth-order valence-corrected chi connectivity index (χ4v) is 2.88. The number of hydrogen-bond acceptors (Lipinski definition) is 5. The number of anilines is 1. The van der Waals surface area contributed by atoms with Crippen LogP contribution >= 0.6 is 11.8 Å². The van der Waals surface area contributed by atoms with Gasteiger partial charge in [-0.3, -0.25) is 14.4 Å². The molecule has 130 valence electrons. The number of carbonyl (C=O) groups is 3. The van der Waals surface area contributed by atoms with Crippen molar-refractivity contribution in [1.82, 2.24) is 5.32 Å². The zero-order valence-corrected chi connectivity index (χ0v) is 14.2. The van der Waals surface area contributed by atoms with E-state index in [1.807, 2.05) is 12.1 Å². The lowest BCUT2D eigenvalue weighted by Crippen LogP contribution is -2.45. The zero-order valence-electron chi connectivity index (χ0n) is 13.4. The number of fused-ring (bicyclic) bond motifs is 1. The Bertz CT molecular complexity index is 622. The lowest BCUT2D eigenvalue weighted by atomic mass is 10.1. The molecule has 1 atom stereocenters. The van der Waals surface area contributed by atoms with E-state index in [0.29, 0.717) is 23.7 Å². The Morgan fingerprint density at radius 2 is 2.12 bits per heavy atom. The van der Waals surface area contributed by atoms with Gasteiger partial charge in [-0.15, -0.1) is 11.8 Å². The van der Waals surface area contributed by atoms with E-state index in [-0.39, 0.29) is 30.5 Å². The number of carboxylic acids is 1. The third-order valence-corrected chi connectivity index (χ3v) is 4.37. The molecule has 1 unspecified atom stereocenters. The quantitative estimate of drug-likeness (QED) is 0.681. The Morgan fingerprint density at radius 3 is 2.88 bits per heavy atom. The minimum absolute atomic E-state index is 0.0207. The van der Waals surface area contributed by atoms with Crippen molar-refractivity contribution < 1.29 is 24.2 Å². The predicted octanol–water partition coefficient (Wildman–Crippen LogP) is 1.12. The number of aliphatic carboxylic acids is 1. The summed E-state index contributed by atoms with van der Waals surface area (Å²) in [5.74, 6) is -0.0183. The molecule has 1 aliphatic rings.